The van der Waals surface area contributed by atoms with E-state index < -0.39 is 24.6 Å². The summed E-state index contributed by atoms with van der Waals surface area (Å²) < 4.78 is 18.2. The molecule has 0 bridgehead atoms. The van der Waals surface area contributed by atoms with Crippen LogP contribution in [0.5, 0.6) is 0 Å². The highest BCUT2D eigenvalue weighted by Crippen LogP contribution is 2.42. The molecule has 2 aromatic heterocycles. The van der Waals surface area contributed by atoms with E-state index in [1.165, 1.54) is 12.1 Å². The molecule has 10 heteroatoms. The van der Waals surface area contributed by atoms with E-state index in [2.05, 4.69) is 9.88 Å². The maximum atomic E-state index is 14.3. The number of nitrogens with one attached hydrogen (secondary N) is 1. The molecular formula is C35H41FN4O5. The third-order valence-corrected chi connectivity index (χ3v) is 8.29. The molecule has 1 aliphatic rings. The fourth-order valence-corrected chi connectivity index (χ4v) is 6.32. The molecular weight excluding hydrogens is 575 g/mol. The van der Waals surface area contributed by atoms with Crippen LogP contribution in [0, 0.1) is 5.82 Å². The Morgan fingerprint density at radius 1 is 0.978 bits per heavy atom. The van der Waals surface area contributed by atoms with Gasteiger partial charge in [0.1, 0.15) is 17.3 Å². The van der Waals surface area contributed by atoms with Gasteiger partial charge in [0.15, 0.2) is 0 Å². The van der Waals surface area contributed by atoms with Gasteiger partial charge in [0.05, 0.1) is 30.9 Å². The van der Waals surface area contributed by atoms with Crippen molar-refractivity contribution in [2.75, 3.05) is 0 Å². The number of aryl methyl sites for hydroxylation is 2. The summed E-state index contributed by atoms with van der Waals surface area (Å²) in [5.74, 6) is -0.760. The van der Waals surface area contributed by atoms with Crippen LogP contribution in [0.1, 0.15) is 79.7 Å². The van der Waals surface area contributed by atoms with Gasteiger partial charge in [-0.05, 0) is 69.2 Å². The molecule has 0 spiro atoms. The van der Waals surface area contributed by atoms with Crippen molar-refractivity contribution in [3.05, 3.63) is 89.5 Å². The summed E-state index contributed by atoms with van der Waals surface area (Å²) in [4.78, 5) is 30.0. The van der Waals surface area contributed by atoms with Crippen molar-refractivity contribution in [3.8, 4) is 22.3 Å². The SMILES string of the molecule is CC(C)n1c(CC[C@@H](O)C[C@@H](O)CC(=O)O)c(-c2ccc(F)cc2)c(-c2ccccc2)c1C(=O)NCc1cn2c(n1)CCCC2. The molecule has 4 N–H and O–H groups in total. The number of carbonyl (C=O) groups is 2. The molecule has 0 radical (unpaired) electrons. The number of benzene rings is 2. The Balaban J connectivity index is 1.58. The van der Waals surface area contributed by atoms with Crippen molar-refractivity contribution in [2.24, 2.45) is 0 Å². The average molecular weight is 617 g/mol. The normalized spacial score (nSPS) is 14.3. The summed E-state index contributed by atoms with van der Waals surface area (Å²) in [7, 11) is 0. The minimum Gasteiger partial charge on any atom is -0.481 e. The van der Waals surface area contributed by atoms with Crippen molar-refractivity contribution in [1.82, 2.24) is 19.4 Å². The standard InChI is InChI=1S/C35H41FN4O5/c1-22(2)40-29(16-15-27(41)18-28(42)19-31(43)44)32(24-11-13-25(36)14-12-24)33(23-8-4-3-5-9-23)34(40)35(45)37-20-26-21-39-17-7-6-10-30(39)38-26/h3-5,8-9,11-14,21-22,27-28,41-42H,6-7,10,15-20H2,1-2H3,(H,37,45)(H,43,44)/t27-,28-/m1/s1. The smallest absolute Gasteiger partial charge is 0.305 e. The van der Waals surface area contributed by atoms with E-state index in [4.69, 9.17) is 10.1 Å². The Bertz CT molecular complexity index is 1600. The number of amides is 1. The Morgan fingerprint density at radius 2 is 1.69 bits per heavy atom. The van der Waals surface area contributed by atoms with Crippen molar-refractivity contribution < 1.29 is 29.3 Å². The van der Waals surface area contributed by atoms with Gasteiger partial charge in [-0.3, -0.25) is 9.59 Å². The van der Waals surface area contributed by atoms with Crippen LogP contribution < -0.4 is 5.32 Å². The lowest BCUT2D eigenvalue weighted by Gasteiger charge is -2.20. The van der Waals surface area contributed by atoms with Crippen LogP contribution in [0.4, 0.5) is 4.39 Å². The number of carboxylic acid groups (broad SMARTS) is 1. The maximum Gasteiger partial charge on any atom is 0.305 e. The van der Waals surface area contributed by atoms with E-state index in [1.54, 1.807) is 12.1 Å². The second-order valence-corrected chi connectivity index (χ2v) is 12.0. The Labute approximate surface area is 262 Å². The van der Waals surface area contributed by atoms with E-state index in [1.807, 2.05) is 54.9 Å². The molecule has 4 aromatic rings. The number of nitrogens with zero attached hydrogens (tertiary/aromatic N) is 3. The molecule has 45 heavy (non-hydrogen) atoms. The first-order valence-corrected chi connectivity index (χ1v) is 15.6. The zero-order chi connectivity index (χ0) is 32.1. The van der Waals surface area contributed by atoms with Crippen molar-refractivity contribution in [1.29, 1.82) is 0 Å². The maximum absolute atomic E-state index is 14.3. The molecule has 5 rings (SSSR count). The van der Waals surface area contributed by atoms with E-state index >= 15 is 0 Å². The second kappa shape index (κ2) is 14.2. The summed E-state index contributed by atoms with van der Waals surface area (Å²) in [5.41, 5.74) is 5.04. The third-order valence-electron chi connectivity index (χ3n) is 8.29. The number of hydrogen-bond donors (Lipinski definition) is 4. The van der Waals surface area contributed by atoms with Gasteiger partial charge in [0, 0.05) is 42.0 Å². The molecule has 1 amide bonds. The molecule has 0 saturated heterocycles. The molecule has 0 aliphatic carbocycles. The molecule has 2 aromatic carbocycles. The van der Waals surface area contributed by atoms with Gasteiger partial charge in [0.2, 0.25) is 0 Å². The number of halogens is 1. The number of hydrogen-bond acceptors (Lipinski definition) is 5. The fraction of sp³-hybridized carbons (Fsp3) is 0.400. The van der Waals surface area contributed by atoms with Crippen LogP contribution in [0.2, 0.25) is 0 Å². The molecule has 3 heterocycles. The monoisotopic (exact) mass is 616 g/mol. The number of carbonyl (C=O) groups excluding carboxylic acids is 1. The van der Waals surface area contributed by atoms with Crippen LogP contribution >= 0.6 is 0 Å². The number of fused-ring (bicyclic) bond motifs is 1. The molecule has 0 saturated carbocycles. The highest BCUT2D eigenvalue weighted by Gasteiger charge is 2.30. The Kier molecular flexibility index (Phi) is 10.1. The minimum atomic E-state index is -1.18. The van der Waals surface area contributed by atoms with Gasteiger partial charge in [-0.1, -0.05) is 42.5 Å². The van der Waals surface area contributed by atoms with E-state index in [0.717, 1.165) is 59.7 Å². The summed E-state index contributed by atoms with van der Waals surface area (Å²) in [6.07, 6.45) is 2.99. The third kappa shape index (κ3) is 7.51. The van der Waals surface area contributed by atoms with Crippen LogP contribution in [-0.4, -0.2) is 53.5 Å². The van der Waals surface area contributed by atoms with Crippen LogP contribution in [0.3, 0.4) is 0 Å². The lowest BCUT2D eigenvalue weighted by Crippen LogP contribution is -2.27. The van der Waals surface area contributed by atoms with Gasteiger partial charge in [-0.15, -0.1) is 0 Å². The summed E-state index contributed by atoms with van der Waals surface area (Å²) in [6.45, 7) is 5.16. The number of rotatable bonds is 13. The summed E-state index contributed by atoms with van der Waals surface area (Å²) in [5, 5.41) is 33.1. The average Bonchev–Trinajstić information content (AvgIpc) is 3.58. The zero-order valence-electron chi connectivity index (χ0n) is 25.7. The minimum absolute atomic E-state index is 0.0892. The molecule has 238 valence electrons. The molecule has 2 atom stereocenters. The van der Waals surface area contributed by atoms with Gasteiger partial charge in [0.25, 0.3) is 5.91 Å². The van der Waals surface area contributed by atoms with Crippen LogP contribution in [0.25, 0.3) is 22.3 Å². The van der Waals surface area contributed by atoms with Crippen molar-refractivity contribution in [3.63, 3.8) is 0 Å². The van der Waals surface area contributed by atoms with Crippen molar-refractivity contribution in [2.45, 2.75) is 90.1 Å². The van der Waals surface area contributed by atoms with Crippen LogP contribution in [0.15, 0.2) is 60.8 Å². The summed E-state index contributed by atoms with van der Waals surface area (Å²) >= 11 is 0. The van der Waals surface area contributed by atoms with Gasteiger partial charge in [-0.25, -0.2) is 9.37 Å². The van der Waals surface area contributed by atoms with E-state index in [0.29, 0.717) is 17.7 Å². The molecule has 1 aliphatic heterocycles. The Hall–Kier alpha value is -4.28. The number of aliphatic hydroxyl groups excluding tert-OH is 2. The number of carboxylic acids is 1. The highest BCUT2D eigenvalue weighted by molar-refractivity contribution is 6.05. The first kappa shape index (κ1) is 32.1. The van der Waals surface area contributed by atoms with E-state index in [9.17, 15) is 24.2 Å². The van der Waals surface area contributed by atoms with Gasteiger partial charge in [-0.2, -0.15) is 0 Å². The predicted molar refractivity (Wildman–Crippen MR) is 169 cm³/mol. The fourth-order valence-electron chi connectivity index (χ4n) is 6.32. The lowest BCUT2D eigenvalue weighted by molar-refractivity contribution is -0.139. The lowest BCUT2D eigenvalue weighted by atomic mass is 9.92. The first-order valence-electron chi connectivity index (χ1n) is 15.6. The molecule has 0 unspecified atom stereocenters. The predicted octanol–water partition coefficient (Wildman–Crippen LogP) is 5.52. The Morgan fingerprint density at radius 3 is 2.36 bits per heavy atom. The topological polar surface area (TPSA) is 130 Å². The van der Waals surface area contributed by atoms with Crippen molar-refractivity contribution >= 4 is 11.9 Å². The first-order chi connectivity index (χ1) is 21.6. The number of aliphatic carboxylic acids is 1. The number of aliphatic hydroxyl groups is 2. The second-order valence-electron chi connectivity index (χ2n) is 12.0. The quantitative estimate of drug-likeness (QED) is 0.157. The van der Waals surface area contributed by atoms with Gasteiger partial charge < -0.3 is 29.8 Å². The van der Waals surface area contributed by atoms with E-state index in [-0.39, 0.29) is 37.2 Å². The largest absolute Gasteiger partial charge is 0.481 e. The van der Waals surface area contributed by atoms with Crippen LogP contribution in [-0.2, 0) is 30.7 Å². The number of aromatic nitrogens is 3. The highest BCUT2D eigenvalue weighted by atomic mass is 19.1. The number of imidazole rings is 1. The zero-order valence-corrected chi connectivity index (χ0v) is 25.7. The van der Waals surface area contributed by atoms with Gasteiger partial charge >= 0.3 is 5.97 Å². The summed E-state index contributed by atoms with van der Waals surface area (Å²) in [6, 6.07) is 15.6. The molecule has 9 nitrogen and oxygen atoms in total. The molecule has 0 fully saturated rings.